The molecule has 0 heterocycles. The molecule has 134 valence electrons. The molecule has 0 aliphatic heterocycles. The van der Waals surface area contributed by atoms with Gasteiger partial charge in [0.15, 0.2) is 0 Å². The van der Waals surface area contributed by atoms with Gasteiger partial charge in [-0.15, -0.1) is 0 Å². The molecule has 0 aromatic heterocycles. The Bertz CT molecular complexity index is 813. The van der Waals surface area contributed by atoms with Crippen LogP contribution in [-0.4, -0.2) is 27.8 Å². The van der Waals surface area contributed by atoms with Crippen molar-refractivity contribution in [3.05, 3.63) is 65.5 Å². The van der Waals surface area contributed by atoms with Gasteiger partial charge in [0.2, 0.25) is 10.0 Å². The van der Waals surface area contributed by atoms with E-state index in [1.807, 2.05) is 24.3 Å². The lowest BCUT2D eigenvalue weighted by Gasteiger charge is -2.17. The fourth-order valence-electron chi connectivity index (χ4n) is 2.89. The highest BCUT2D eigenvalue weighted by Gasteiger charge is 2.44. The van der Waals surface area contributed by atoms with E-state index in [0.29, 0.717) is 13.0 Å². The summed E-state index contributed by atoms with van der Waals surface area (Å²) in [6.07, 6.45) is 2.28. The molecule has 0 saturated heterocycles. The van der Waals surface area contributed by atoms with Crippen molar-refractivity contribution in [1.29, 1.82) is 0 Å². The Morgan fingerprint density at radius 1 is 1.08 bits per heavy atom. The lowest BCUT2D eigenvalue weighted by atomic mass is 9.96. The second-order valence-electron chi connectivity index (χ2n) is 6.53. The minimum atomic E-state index is -3.36. The van der Waals surface area contributed by atoms with Gasteiger partial charge in [-0.3, -0.25) is 0 Å². The van der Waals surface area contributed by atoms with Crippen LogP contribution in [0.15, 0.2) is 48.5 Å². The molecule has 1 aliphatic rings. The maximum absolute atomic E-state index is 13.1. The molecule has 25 heavy (non-hydrogen) atoms. The van der Waals surface area contributed by atoms with E-state index in [1.165, 1.54) is 12.1 Å². The van der Waals surface area contributed by atoms with E-state index < -0.39 is 10.0 Å². The second kappa shape index (κ2) is 7.14. The van der Waals surface area contributed by atoms with Crippen LogP contribution in [0, 0.1) is 5.82 Å². The Morgan fingerprint density at radius 3 is 2.28 bits per heavy atom. The van der Waals surface area contributed by atoms with Crippen LogP contribution in [-0.2, 0) is 21.9 Å². The molecule has 3 rings (SSSR count). The van der Waals surface area contributed by atoms with E-state index in [1.54, 1.807) is 19.2 Å². The summed E-state index contributed by atoms with van der Waals surface area (Å²) in [4.78, 5) is 0. The van der Waals surface area contributed by atoms with Crippen LogP contribution in [0.3, 0.4) is 0 Å². The third kappa shape index (κ3) is 4.58. The molecule has 0 radical (unpaired) electrons. The topological polar surface area (TPSA) is 55.4 Å². The first-order chi connectivity index (χ1) is 11.9. The number of hydrogen-bond donors (Lipinski definition) is 1. The fraction of sp³-hybridized carbons (Fsp3) is 0.368. The van der Waals surface area contributed by atoms with Gasteiger partial charge in [0, 0.05) is 12.0 Å². The largest absolute Gasteiger partial charge is 0.497 e. The molecule has 0 unspecified atom stereocenters. The summed E-state index contributed by atoms with van der Waals surface area (Å²) in [7, 11) is -1.76. The highest BCUT2D eigenvalue weighted by Crippen LogP contribution is 2.47. The van der Waals surface area contributed by atoms with E-state index in [9.17, 15) is 12.8 Å². The van der Waals surface area contributed by atoms with Crippen molar-refractivity contribution in [1.82, 2.24) is 4.72 Å². The SMILES string of the molecule is COc1ccc(CCS(=O)(=O)NCC2(c3ccc(F)cc3)CC2)cc1. The molecule has 1 saturated carbocycles. The van der Waals surface area contributed by atoms with Crippen molar-refractivity contribution in [2.45, 2.75) is 24.7 Å². The molecule has 4 nitrogen and oxygen atoms in total. The third-order valence-corrected chi connectivity index (χ3v) is 6.08. The van der Waals surface area contributed by atoms with Crippen LogP contribution in [0.25, 0.3) is 0 Å². The Balaban J connectivity index is 1.55. The van der Waals surface area contributed by atoms with Crippen molar-refractivity contribution in [2.75, 3.05) is 19.4 Å². The van der Waals surface area contributed by atoms with Crippen LogP contribution >= 0.6 is 0 Å². The number of ether oxygens (including phenoxy) is 1. The molecule has 6 heteroatoms. The molecule has 2 aromatic carbocycles. The van der Waals surface area contributed by atoms with Gasteiger partial charge in [0.25, 0.3) is 0 Å². The van der Waals surface area contributed by atoms with Gasteiger partial charge in [0.1, 0.15) is 11.6 Å². The monoisotopic (exact) mass is 363 g/mol. The molecule has 1 N–H and O–H groups in total. The number of sulfonamides is 1. The smallest absolute Gasteiger partial charge is 0.211 e. The zero-order valence-corrected chi connectivity index (χ0v) is 15.0. The minimum Gasteiger partial charge on any atom is -0.497 e. The Hall–Kier alpha value is -1.92. The summed E-state index contributed by atoms with van der Waals surface area (Å²) in [6.45, 7) is 0.365. The highest BCUT2D eigenvalue weighted by atomic mass is 32.2. The van der Waals surface area contributed by atoms with Crippen LogP contribution < -0.4 is 9.46 Å². The van der Waals surface area contributed by atoms with E-state index in [0.717, 1.165) is 29.7 Å². The molecule has 1 aliphatic carbocycles. The van der Waals surface area contributed by atoms with Crippen molar-refractivity contribution >= 4 is 10.0 Å². The predicted molar refractivity (Wildman–Crippen MR) is 95.8 cm³/mol. The second-order valence-corrected chi connectivity index (χ2v) is 8.45. The maximum Gasteiger partial charge on any atom is 0.211 e. The van der Waals surface area contributed by atoms with E-state index in [-0.39, 0.29) is 17.0 Å². The Labute approximate surface area is 148 Å². The van der Waals surface area contributed by atoms with Gasteiger partial charge in [0.05, 0.1) is 12.9 Å². The molecular formula is C19H22FNO3S. The molecule has 0 atom stereocenters. The lowest BCUT2D eigenvalue weighted by molar-refractivity contribution is 0.414. The van der Waals surface area contributed by atoms with Crippen molar-refractivity contribution in [2.24, 2.45) is 0 Å². The lowest BCUT2D eigenvalue weighted by Crippen LogP contribution is -2.34. The number of methoxy groups -OCH3 is 1. The zero-order chi connectivity index (χ0) is 17.9. The van der Waals surface area contributed by atoms with E-state index >= 15 is 0 Å². The van der Waals surface area contributed by atoms with Gasteiger partial charge < -0.3 is 4.74 Å². The number of rotatable bonds is 8. The van der Waals surface area contributed by atoms with Crippen LogP contribution in [0.2, 0.25) is 0 Å². The molecule has 2 aromatic rings. The number of hydrogen-bond acceptors (Lipinski definition) is 3. The summed E-state index contributed by atoms with van der Waals surface area (Å²) in [5.41, 5.74) is 1.76. The molecule has 0 spiro atoms. The van der Waals surface area contributed by atoms with E-state index in [4.69, 9.17) is 4.74 Å². The Morgan fingerprint density at radius 2 is 1.72 bits per heavy atom. The van der Waals surface area contributed by atoms with Gasteiger partial charge in [-0.1, -0.05) is 24.3 Å². The average Bonchev–Trinajstić information content (AvgIpc) is 3.41. The number of aryl methyl sites for hydroxylation is 1. The first-order valence-electron chi connectivity index (χ1n) is 8.29. The zero-order valence-electron chi connectivity index (χ0n) is 14.2. The fourth-order valence-corrected chi connectivity index (χ4v) is 4.03. The summed E-state index contributed by atoms with van der Waals surface area (Å²) in [5, 5.41) is 0. The molecular weight excluding hydrogens is 341 g/mol. The summed E-state index contributed by atoms with van der Waals surface area (Å²) in [6, 6.07) is 13.7. The molecule has 0 bridgehead atoms. The standard InChI is InChI=1S/C19H22FNO3S/c1-24-18-8-2-15(3-9-18)10-13-25(22,23)21-14-19(11-12-19)16-4-6-17(20)7-5-16/h2-9,21H,10-14H2,1H3. The van der Waals surface area contributed by atoms with Crippen molar-refractivity contribution < 1.29 is 17.5 Å². The van der Waals surface area contributed by atoms with Gasteiger partial charge in [-0.05, 0) is 54.7 Å². The first-order valence-corrected chi connectivity index (χ1v) is 9.94. The molecule has 0 amide bonds. The summed E-state index contributed by atoms with van der Waals surface area (Å²) in [5.74, 6) is 0.512. The Kier molecular flexibility index (Phi) is 5.11. The molecule has 1 fully saturated rings. The predicted octanol–water partition coefficient (Wildman–Crippen LogP) is 3.03. The van der Waals surface area contributed by atoms with Crippen molar-refractivity contribution in [3.63, 3.8) is 0 Å². The van der Waals surface area contributed by atoms with Crippen LogP contribution in [0.1, 0.15) is 24.0 Å². The summed E-state index contributed by atoms with van der Waals surface area (Å²) >= 11 is 0. The minimum absolute atomic E-state index is 0.0405. The number of nitrogens with one attached hydrogen (secondary N) is 1. The third-order valence-electron chi connectivity index (χ3n) is 4.76. The van der Waals surface area contributed by atoms with Crippen molar-refractivity contribution in [3.8, 4) is 5.75 Å². The average molecular weight is 363 g/mol. The van der Waals surface area contributed by atoms with Crippen LogP contribution in [0.5, 0.6) is 5.75 Å². The quantitative estimate of drug-likeness (QED) is 0.784. The van der Waals surface area contributed by atoms with E-state index in [2.05, 4.69) is 4.72 Å². The van der Waals surface area contributed by atoms with Crippen LogP contribution in [0.4, 0.5) is 4.39 Å². The van der Waals surface area contributed by atoms with Gasteiger partial charge in [-0.25, -0.2) is 17.5 Å². The maximum atomic E-state index is 13.1. The van der Waals surface area contributed by atoms with Gasteiger partial charge >= 0.3 is 0 Å². The number of halogens is 1. The highest BCUT2D eigenvalue weighted by molar-refractivity contribution is 7.89. The first kappa shape index (κ1) is 17.9. The number of benzene rings is 2. The van der Waals surface area contributed by atoms with Gasteiger partial charge in [-0.2, -0.15) is 0 Å². The normalized spacial score (nSPS) is 15.8. The summed E-state index contributed by atoms with van der Waals surface area (Å²) < 4.78 is 45.5.